The van der Waals surface area contributed by atoms with Gasteiger partial charge in [-0.15, -0.1) is 0 Å². The molecule has 0 radical (unpaired) electrons. The van der Waals surface area contributed by atoms with Gasteiger partial charge in [-0.3, -0.25) is 4.79 Å². The molecular formula is C23H31Cl2N5O. The number of anilines is 2. The lowest BCUT2D eigenvalue weighted by molar-refractivity contribution is -0.126. The molecule has 1 saturated carbocycles. The fourth-order valence-corrected chi connectivity index (χ4v) is 4.72. The fourth-order valence-electron chi connectivity index (χ4n) is 4.25. The van der Waals surface area contributed by atoms with Crippen molar-refractivity contribution >= 4 is 40.9 Å². The molecular weight excluding hydrogens is 433 g/mol. The standard InChI is InChI=1S/C23H31Cl2N5O/c1-5-19-14(2)28-23(29-21(19)26-3)30(4)18-10-7-15(8-11-18)22(31)27-13-16-6-9-17(24)12-20(16)25/h6,9,12,15,18H,5,7-8,10-11,13H2,1-4H3,(H,27,31)(H,26,28,29). The van der Waals surface area contributed by atoms with Crippen LogP contribution in [-0.4, -0.2) is 36.0 Å². The minimum absolute atomic E-state index is 0.0220. The van der Waals surface area contributed by atoms with Gasteiger partial charge in [0.1, 0.15) is 5.82 Å². The molecule has 3 rings (SSSR count). The second-order valence-corrected chi connectivity index (χ2v) is 8.95. The van der Waals surface area contributed by atoms with Crippen LogP contribution in [0.5, 0.6) is 0 Å². The molecule has 31 heavy (non-hydrogen) atoms. The molecule has 0 unspecified atom stereocenters. The van der Waals surface area contributed by atoms with E-state index in [0.29, 0.717) is 22.6 Å². The number of hydrogen-bond acceptors (Lipinski definition) is 5. The first-order chi connectivity index (χ1) is 14.8. The first-order valence-electron chi connectivity index (χ1n) is 10.8. The first-order valence-corrected chi connectivity index (χ1v) is 11.6. The maximum absolute atomic E-state index is 12.7. The van der Waals surface area contributed by atoms with Crippen LogP contribution in [0.2, 0.25) is 10.0 Å². The van der Waals surface area contributed by atoms with E-state index in [2.05, 4.69) is 22.5 Å². The number of halogens is 2. The molecule has 2 aromatic rings. The van der Waals surface area contributed by atoms with Crippen LogP contribution in [0.25, 0.3) is 0 Å². The van der Waals surface area contributed by atoms with Crippen LogP contribution in [0.4, 0.5) is 11.8 Å². The Balaban J connectivity index is 1.56. The van der Waals surface area contributed by atoms with Crippen LogP contribution < -0.4 is 15.5 Å². The SMILES string of the molecule is CCc1c(C)nc(N(C)C2CCC(C(=O)NCc3ccc(Cl)cc3Cl)CC2)nc1NC. The van der Waals surface area contributed by atoms with E-state index >= 15 is 0 Å². The van der Waals surface area contributed by atoms with Crippen LogP contribution in [0.3, 0.4) is 0 Å². The van der Waals surface area contributed by atoms with Gasteiger partial charge in [-0.1, -0.05) is 36.2 Å². The van der Waals surface area contributed by atoms with E-state index in [9.17, 15) is 4.79 Å². The number of nitrogens with zero attached hydrogens (tertiary/aromatic N) is 3. The van der Waals surface area contributed by atoms with Crippen LogP contribution in [0, 0.1) is 12.8 Å². The molecule has 2 N–H and O–H groups in total. The second kappa shape index (κ2) is 10.5. The van der Waals surface area contributed by atoms with Gasteiger partial charge in [0.15, 0.2) is 0 Å². The molecule has 1 aliphatic carbocycles. The summed E-state index contributed by atoms with van der Waals surface area (Å²) in [6.07, 6.45) is 4.46. The summed E-state index contributed by atoms with van der Waals surface area (Å²) < 4.78 is 0. The van der Waals surface area contributed by atoms with Crippen molar-refractivity contribution in [3.05, 3.63) is 45.1 Å². The Morgan fingerprint density at radius 1 is 1.19 bits per heavy atom. The Bertz CT molecular complexity index is 928. The average Bonchev–Trinajstić information content (AvgIpc) is 2.77. The minimum atomic E-state index is 0.0220. The molecule has 6 nitrogen and oxygen atoms in total. The summed E-state index contributed by atoms with van der Waals surface area (Å²) in [6, 6.07) is 5.65. The molecule has 1 fully saturated rings. The highest BCUT2D eigenvalue weighted by Gasteiger charge is 2.29. The molecule has 1 aliphatic rings. The van der Waals surface area contributed by atoms with E-state index in [-0.39, 0.29) is 11.8 Å². The predicted molar refractivity (Wildman–Crippen MR) is 128 cm³/mol. The number of hydrogen-bond donors (Lipinski definition) is 2. The smallest absolute Gasteiger partial charge is 0.227 e. The lowest BCUT2D eigenvalue weighted by atomic mass is 9.85. The molecule has 0 atom stereocenters. The number of benzene rings is 1. The van der Waals surface area contributed by atoms with Crippen molar-refractivity contribution in [2.75, 3.05) is 24.3 Å². The highest BCUT2D eigenvalue weighted by atomic mass is 35.5. The minimum Gasteiger partial charge on any atom is -0.373 e. The van der Waals surface area contributed by atoms with Crippen molar-refractivity contribution < 1.29 is 4.79 Å². The van der Waals surface area contributed by atoms with Gasteiger partial charge in [0, 0.05) is 53.9 Å². The highest BCUT2D eigenvalue weighted by molar-refractivity contribution is 6.35. The number of carbonyl (C=O) groups excluding carboxylic acids is 1. The molecule has 0 bridgehead atoms. The third-order valence-electron chi connectivity index (χ3n) is 6.19. The van der Waals surface area contributed by atoms with E-state index in [1.54, 1.807) is 12.1 Å². The summed E-state index contributed by atoms with van der Waals surface area (Å²) in [5.41, 5.74) is 3.04. The summed E-state index contributed by atoms with van der Waals surface area (Å²) in [4.78, 5) is 24.3. The van der Waals surface area contributed by atoms with Gasteiger partial charge in [-0.25, -0.2) is 4.98 Å². The summed E-state index contributed by atoms with van der Waals surface area (Å²) in [6.45, 7) is 4.56. The van der Waals surface area contributed by atoms with Gasteiger partial charge >= 0.3 is 0 Å². The van der Waals surface area contributed by atoms with E-state index in [0.717, 1.165) is 60.7 Å². The first kappa shape index (κ1) is 23.6. The topological polar surface area (TPSA) is 70.2 Å². The van der Waals surface area contributed by atoms with Crippen molar-refractivity contribution in [3.8, 4) is 0 Å². The number of aryl methyl sites for hydroxylation is 1. The van der Waals surface area contributed by atoms with Crippen molar-refractivity contribution in [3.63, 3.8) is 0 Å². The van der Waals surface area contributed by atoms with Crippen LogP contribution in [-0.2, 0) is 17.8 Å². The van der Waals surface area contributed by atoms with E-state index in [4.69, 9.17) is 33.2 Å². The zero-order valence-corrected chi connectivity index (χ0v) is 20.1. The molecule has 168 valence electrons. The molecule has 1 heterocycles. The maximum atomic E-state index is 12.7. The predicted octanol–water partition coefficient (Wildman–Crippen LogP) is 5.01. The highest BCUT2D eigenvalue weighted by Crippen LogP contribution is 2.30. The summed E-state index contributed by atoms with van der Waals surface area (Å²) >= 11 is 12.1. The number of nitrogens with one attached hydrogen (secondary N) is 2. The average molecular weight is 464 g/mol. The monoisotopic (exact) mass is 463 g/mol. The van der Waals surface area contributed by atoms with Gasteiger partial charge in [0.2, 0.25) is 11.9 Å². The van der Waals surface area contributed by atoms with Gasteiger partial charge in [0.25, 0.3) is 0 Å². The fraction of sp³-hybridized carbons (Fsp3) is 0.522. The van der Waals surface area contributed by atoms with Crippen molar-refractivity contribution in [1.82, 2.24) is 15.3 Å². The van der Waals surface area contributed by atoms with E-state index in [1.807, 2.05) is 27.1 Å². The third kappa shape index (κ3) is 5.60. The number of amides is 1. The van der Waals surface area contributed by atoms with Gasteiger partial charge in [-0.2, -0.15) is 4.98 Å². The number of carbonyl (C=O) groups is 1. The summed E-state index contributed by atoms with van der Waals surface area (Å²) in [7, 11) is 3.94. The molecule has 1 aromatic carbocycles. The maximum Gasteiger partial charge on any atom is 0.227 e. The molecule has 1 aromatic heterocycles. The molecule has 0 saturated heterocycles. The third-order valence-corrected chi connectivity index (χ3v) is 6.78. The molecule has 0 aliphatic heterocycles. The van der Waals surface area contributed by atoms with Crippen molar-refractivity contribution in [2.45, 2.75) is 58.5 Å². The Morgan fingerprint density at radius 2 is 1.90 bits per heavy atom. The summed E-state index contributed by atoms with van der Waals surface area (Å²) in [5.74, 6) is 1.74. The Hall–Kier alpha value is -2.05. The molecule has 0 spiro atoms. The van der Waals surface area contributed by atoms with E-state index in [1.165, 1.54) is 0 Å². The Morgan fingerprint density at radius 3 is 2.52 bits per heavy atom. The quantitative estimate of drug-likeness (QED) is 0.603. The van der Waals surface area contributed by atoms with Crippen molar-refractivity contribution in [1.29, 1.82) is 0 Å². The van der Waals surface area contributed by atoms with E-state index < -0.39 is 0 Å². The van der Waals surface area contributed by atoms with Crippen molar-refractivity contribution in [2.24, 2.45) is 5.92 Å². The Kier molecular flexibility index (Phi) is 8.00. The lowest BCUT2D eigenvalue weighted by Gasteiger charge is -2.34. The zero-order chi connectivity index (χ0) is 22.5. The van der Waals surface area contributed by atoms with Crippen LogP contribution in [0.1, 0.15) is 49.4 Å². The Labute approximate surface area is 194 Å². The second-order valence-electron chi connectivity index (χ2n) is 8.11. The summed E-state index contributed by atoms with van der Waals surface area (Å²) in [5, 5.41) is 7.38. The van der Waals surface area contributed by atoms with Gasteiger partial charge < -0.3 is 15.5 Å². The van der Waals surface area contributed by atoms with Crippen LogP contribution >= 0.6 is 23.2 Å². The molecule has 8 heteroatoms. The molecule has 1 amide bonds. The van der Waals surface area contributed by atoms with Crippen LogP contribution in [0.15, 0.2) is 18.2 Å². The zero-order valence-electron chi connectivity index (χ0n) is 18.6. The lowest BCUT2D eigenvalue weighted by Crippen LogP contribution is -2.40. The normalized spacial score (nSPS) is 18.5. The van der Waals surface area contributed by atoms with Gasteiger partial charge in [0.05, 0.1) is 0 Å². The largest absolute Gasteiger partial charge is 0.373 e. The van der Waals surface area contributed by atoms with Gasteiger partial charge in [-0.05, 0) is 56.7 Å². The number of aromatic nitrogens is 2. The number of rotatable bonds is 7.